The highest BCUT2D eigenvalue weighted by Gasteiger charge is 2.38. The summed E-state index contributed by atoms with van der Waals surface area (Å²) in [7, 11) is 0. The summed E-state index contributed by atoms with van der Waals surface area (Å²) < 4.78 is 5.64. The molecule has 0 atom stereocenters. The van der Waals surface area contributed by atoms with E-state index in [1.54, 1.807) is 6.08 Å². The topological polar surface area (TPSA) is 58.4 Å². The number of hydrogen-bond acceptors (Lipinski definition) is 4. The monoisotopic (exact) mass is 367 g/mol. The van der Waals surface area contributed by atoms with Crippen LogP contribution in [0.5, 0.6) is 0 Å². The smallest absolute Gasteiger partial charge is 0.244 e. The van der Waals surface area contributed by atoms with Crippen molar-refractivity contribution < 1.29 is 9.21 Å². The molecule has 2 aromatic rings. The van der Waals surface area contributed by atoms with Crippen molar-refractivity contribution in [3.05, 3.63) is 36.2 Å². The van der Waals surface area contributed by atoms with E-state index in [0.717, 1.165) is 17.6 Å². The third-order valence-electron chi connectivity index (χ3n) is 6.09. The minimum Gasteiger partial charge on any atom is -0.437 e. The summed E-state index contributed by atoms with van der Waals surface area (Å²) in [5.41, 5.74) is 1.70. The molecule has 1 aliphatic carbocycles. The Morgan fingerprint density at radius 3 is 2.63 bits per heavy atom. The molecule has 2 fully saturated rings. The maximum absolute atomic E-state index is 12.4. The number of fused-ring (bicyclic) bond motifs is 1. The van der Waals surface area contributed by atoms with Gasteiger partial charge in [-0.2, -0.15) is 0 Å². The molecule has 5 nitrogen and oxygen atoms in total. The molecule has 1 amide bonds. The Hall–Kier alpha value is -2.14. The largest absolute Gasteiger partial charge is 0.437 e. The second-order valence-corrected chi connectivity index (χ2v) is 7.90. The average molecular weight is 367 g/mol. The molecule has 1 aliphatic heterocycles. The molecule has 1 aromatic carbocycles. The van der Waals surface area contributed by atoms with E-state index in [0.29, 0.717) is 5.89 Å². The van der Waals surface area contributed by atoms with Gasteiger partial charge in [-0.15, -0.1) is 0 Å². The molecule has 2 aliphatic rings. The number of rotatable bonds is 5. The zero-order valence-electron chi connectivity index (χ0n) is 16.0. The van der Waals surface area contributed by atoms with Crippen molar-refractivity contribution in [2.24, 2.45) is 0 Å². The maximum atomic E-state index is 12.4. The van der Waals surface area contributed by atoms with Gasteiger partial charge in [0.25, 0.3) is 0 Å². The lowest BCUT2D eigenvalue weighted by Gasteiger charge is -2.48. The van der Waals surface area contributed by atoms with Gasteiger partial charge in [0, 0.05) is 24.2 Å². The van der Waals surface area contributed by atoms with Crippen molar-refractivity contribution in [1.82, 2.24) is 15.2 Å². The highest BCUT2D eigenvalue weighted by Crippen LogP contribution is 2.35. The van der Waals surface area contributed by atoms with Gasteiger partial charge in [0.2, 0.25) is 11.8 Å². The van der Waals surface area contributed by atoms with Crippen molar-refractivity contribution in [3.63, 3.8) is 0 Å². The minimum absolute atomic E-state index is 0.0702. The summed E-state index contributed by atoms with van der Waals surface area (Å²) in [6.45, 7) is 3.09. The van der Waals surface area contributed by atoms with Crippen LogP contribution in [-0.4, -0.2) is 41.0 Å². The second-order valence-electron chi connectivity index (χ2n) is 7.90. The molecule has 4 rings (SSSR count). The van der Waals surface area contributed by atoms with E-state index in [4.69, 9.17) is 4.42 Å². The molecular weight excluding hydrogens is 338 g/mol. The number of aromatic nitrogens is 1. The van der Waals surface area contributed by atoms with Gasteiger partial charge in [-0.05, 0) is 50.9 Å². The first-order valence-electron chi connectivity index (χ1n) is 10.3. The van der Waals surface area contributed by atoms with Crippen molar-refractivity contribution in [2.75, 3.05) is 19.6 Å². The van der Waals surface area contributed by atoms with Gasteiger partial charge in [0.05, 0.1) is 0 Å². The number of para-hydroxylation sites is 2. The molecule has 1 saturated carbocycles. The Morgan fingerprint density at radius 1 is 1.11 bits per heavy atom. The fourth-order valence-electron chi connectivity index (χ4n) is 4.60. The van der Waals surface area contributed by atoms with Crippen LogP contribution < -0.4 is 5.32 Å². The molecule has 1 aromatic heterocycles. The number of piperidine rings is 1. The predicted octanol–water partition coefficient (Wildman–Crippen LogP) is 4.15. The van der Waals surface area contributed by atoms with Crippen LogP contribution in [0.1, 0.15) is 57.3 Å². The molecular formula is C22H29N3O2. The van der Waals surface area contributed by atoms with Gasteiger partial charge < -0.3 is 9.73 Å². The zero-order chi connectivity index (χ0) is 18.5. The number of likely N-dealkylation sites (tertiary alicyclic amines) is 1. The number of amides is 1. The number of carbonyl (C=O) groups excluding carboxylic acids is 1. The lowest BCUT2D eigenvalue weighted by molar-refractivity contribution is -0.117. The van der Waals surface area contributed by atoms with Crippen molar-refractivity contribution >= 4 is 23.1 Å². The number of nitrogens with one attached hydrogen (secondary N) is 1. The van der Waals surface area contributed by atoms with E-state index < -0.39 is 0 Å². The lowest BCUT2D eigenvalue weighted by Crippen LogP contribution is -2.58. The Kier molecular flexibility index (Phi) is 5.58. The normalized spacial score (nSPS) is 20.9. The van der Waals surface area contributed by atoms with Crippen LogP contribution in [-0.2, 0) is 4.79 Å². The Bertz CT molecular complexity index is 766. The van der Waals surface area contributed by atoms with Crippen LogP contribution in [0.25, 0.3) is 17.2 Å². The molecule has 0 bridgehead atoms. The van der Waals surface area contributed by atoms with Crippen LogP contribution in [0, 0.1) is 0 Å². The fourth-order valence-corrected chi connectivity index (χ4v) is 4.60. The first-order valence-corrected chi connectivity index (χ1v) is 10.3. The van der Waals surface area contributed by atoms with Gasteiger partial charge in [-0.1, -0.05) is 37.8 Å². The summed E-state index contributed by atoms with van der Waals surface area (Å²) in [4.78, 5) is 19.4. The SMILES string of the molecule is O=C(/C=C/c1nc2ccccc2o1)NCC1(N2CCCCC2)CCCCC1. The van der Waals surface area contributed by atoms with E-state index in [-0.39, 0.29) is 11.4 Å². The molecule has 0 spiro atoms. The quantitative estimate of drug-likeness (QED) is 0.807. The first-order chi connectivity index (χ1) is 13.3. The number of oxazole rings is 1. The van der Waals surface area contributed by atoms with Crippen molar-refractivity contribution in [2.45, 2.75) is 56.9 Å². The number of carbonyl (C=O) groups is 1. The molecule has 27 heavy (non-hydrogen) atoms. The third kappa shape index (κ3) is 4.24. The predicted molar refractivity (Wildman–Crippen MR) is 107 cm³/mol. The van der Waals surface area contributed by atoms with Crippen LogP contribution in [0.4, 0.5) is 0 Å². The average Bonchev–Trinajstić information content (AvgIpc) is 3.15. The molecule has 2 heterocycles. The molecule has 144 valence electrons. The van der Waals surface area contributed by atoms with Crippen molar-refractivity contribution in [3.8, 4) is 0 Å². The van der Waals surface area contributed by atoms with Crippen LogP contribution in [0.2, 0.25) is 0 Å². The summed E-state index contributed by atoms with van der Waals surface area (Å²) in [5, 5.41) is 3.16. The van der Waals surface area contributed by atoms with E-state index in [2.05, 4.69) is 15.2 Å². The Balaban J connectivity index is 1.38. The summed E-state index contributed by atoms with van der Waals surface area (Å²) in [6.07, 6.45) is 13.4. The molecule has 1 N–H and O–H groups in total. The number of benzene rings is 1. The van der Waals surface area contributed by atoms with Gasteiger partial charge in [0.15, 0.2) is 5.58 Å². The Labute approximate surface area is 160 Å². The molecule has 1 saturated heterocycles. The molecule has 5 heteroatoms. The van der Waals surface area contributed by atoms with Gasteiger partial charge >= 0.3 is 0 Å². The first kappa shape index (κ1) is 18.2. The van der Waals surface area contributed by atoms with Gasteiger partial charge in [0.1, 0.15) is 5.52 Å². The van der Waals surface area contributed by atoms with Crippen molar-refractivity contribution in [1.29, 1.82) is 0 Å². The van der Waals surface area contributed by atoms with E-state index >= 15 is 0 Å². The standard InChI is InChI=1S/C22H29N3O2/c26-20(11-12-21-24-18-9-3-4-10-19(18)27-21)23-17-22(13-5-1-6-14-22)25-15-7-2-8-16-25/h3-4,9-12H,1-2,5-8,13-17H2,(H,23,26)/b12-11+. The van der Waals surface area contributed by atoms with E-state index in [9.17, 15) is 4.79 Å². The van der Waals surface area contributed by atoms with E-state index in [1.807, 2.05) is 24.3 Å². The lowest BCUT2D eigenvalue weighted by atomic mass is 9.79. The molecule has 0 unspecified atom stereocenters. The maximum Gasteiger partial charge on any atom is 0.244 e. The highest BCUT2D eigenvalue weighted by molar-refractivity contribution is 5.91. The summed E-state index contributed by atoms with van der Waals surface area (Å²) in [5.74, 6) is 0.397. The van der Waals surface area contributed by atoms with Gasteiger partial charge in [-0.3, -0.25) is 9.69 Å². The van der Waals surface area contributed by atoms with Gasteiger partial charge in [-0.25, -0.2) is 4.98 Å². The Morgan fingerprint density at radius 2 is 1.85 bits per heavy atom. The number of nitrogens with zero attached hydrogens (tertiary/aromatic N) is 2. The fraction of sp³-hybridized carbons (Fsp3) is 0.545. The third-order valence-corrected chi connectivity index (χ3v) is 6.09. The van der Waals surface area contributed by atoms with Crippen LogP contribution >= 0.6 is 0 Å². The second kappa shape index (κ2) is 8.26. The molecule has 0 radical (unpaired) electrons. The summed E-state index contributed by atoms with van der Waals surface area (Å²) in [6, 6.07) is 7.63. The zero-order valence-corrected chi connectivity index (χ0v) is 16.0. The number of hydrogen-bond donors (Lipinski definition) is 1. The van der Waals surface area contributed by atoms with Crippen LogP contribution in [0.3, 0.4) is 0 Å². The van der Waals surface area contributed by atoms with Crippen LogP contribution in [0.15, 0.2) is 34.8 Å². The minimum atomic E-state index is -0.0702. The van der Waals surface area contributed by atoms with E-state index in [1.165, 1.54) is 70.5 Å². The summed E-state index contributed by atoms with van der Waals surface area (Å²) >= 11 is 0. The highest BCUT2D eigenvalue weighted by atomic mass is 16.3.